The summed E-state index contributed by atoms with van der Waals surface area (Å²) in [7, 11) is -4.30. The zero-order valence-corrected chi connectivity index (χ0v) is 20.7. The lowest BCUT2D eigenvalue weighted by molar-refractivity contribution is 0.548. The van der Waals surface area contributed by atoms with Gasteiger partial charge in [0.25, 0.3) is 0 Å². The largest absolute Gasteiger partial charge is 0.256 e. The van der Waals surface area contributed by atoms with Gasteiger partial charge in [0.05, 0.1) is 29.0 Å². The molecule has 1 N–H and O–H groups in total. The molecule has 33 heavy (non-hydrogen) atoms. The van der Waals surface area contributed by atoms with E-state index in [0.717, 1.165) is 22.2 Å². The zero-order valence-electron chi connectivity index (χ0n) is 16.8. The van der Waals surface area contributed by atoms with Gasteiger partial charge in [-0.1, -0.05) is 51.3 Å². The molecule has 0 aromatic heterocycles. The van der Waals surface area contributed by atoms with Crippen LogP contribution in [0.3, 0.4) is 0 Å². The number of halogens is 5. The third-order valence-electron chi connectivity index (χ3n) is 5.03. The van der Waals surface area contributed by atoms with E-state index in [4.69, 9.17) is 23.2 Å². The molecule has 0 bridgehead atoms. The molecular formula is C22H16BrCl2F2N3O2S. The van der Waals surface area contributed by atoms with E-state index in [1.807, 2.05) is 24.3 Å². The Hall–Kier alpha value is -2.04. The third kappa shape index (κ3) is 5.38. The third-order valence-corrected chi connectivity index (χ3v) is 7.52. The molecule has 1 aliphatic heterocycles. The summed E-state index contributed by atoms with van der Waals surface area (Å²) < 4.78 is 55.8. The fourth-order valence-corrected chi connectivity index (χ4v) is 5.32. The van der Waals surface area contributed by atoms with Crippen molar-refractivity contribution in [2.45, 2.75) is 17.4 Å². The molecule has 5 nitrogen and oxygen atoms in total. The molecule has 0 radical (unpaired) electrons. The van der Waals surface area contributed by atoms with E-state index in [1.165, 1.54) is 0 Å². The first kappa shape index (κ1) is 24.1. The molecule has 0 amide bonds. The van der Waals surface area contributed by atoms with Crippen LogP contribution in [0.1, 0.15) is 18.0 Å². The lowest BCUT2D eigenvalue weighted by Gasteiger charge is -2.25. The normalized spacial score (nSPS) is 16.2. The van der Waals surface area contributed by atoms with Gasteiger partial charge >= 0.3 is 0 Å². The lowest BCUT2D eigenvalue weighted by atomic mass is 10.0. The molecule has 0 aliphatic carbocycles. The molecule has 172 valence electrons. The summed E-state index contributed by atoms with van der Waals surface area (Å²) in [5.74, 6) is -1.89. The minimum Gasteiger partial charge on any atom is -0.256 e. The van der Waals surface area contributed by atoms with Crippen molar-refractivity contribution in [1.82, 2.24) is 4.72 Å². The monoisotopic (exact) mass is 573 g/mol. The Morgan fingerprint density at radius 1 is 1.06 bits per heavy atom. The standard InChI is InChI=1S/C22H16BrCl2F2N3O2S/c23-14-3-1-13(2-4-14)21-11-17(29-30(21)20-8-5-15(24)9-18(20)25)12-28-33(31,32)22-10-16(26)6-7-19(22)27/h1-10,21,28H,11-12H2. The first-order chi connectivity index (χ1) is 15.6. The fourth-order valence-electron chi connectivity index (χ4n) is 3.45. The predicted molar refractivity (Wildman–Crippen MR) is 129 cm³/mol. The van der Waals surface area contributed by atoms with Crippen LogP contribution < -0.4 is 9.73 Å². The van der Waals surface area contributed by atoms with Crippen molar-refractivity contribution in [2.75, 3.05) is 11.6 Å². The van der Waals surface area contributed by atoms with E-state index in [2.05, 4.69) is 25.8 Å². The summed E-state index contributed by atoms with van der Waals surface area (Å²) in [5.41, 5.74) is 2.03. The number of benzene rings is 3. The zero-order chi connectivity index (χ0) is 23.8. The fraction of sp³-hybridized carbons (Fsp3) is 0.136. The van der Waals surface area contributed by atoms with E-state index in [1.54, 1.807) is 23.2 Å². The maximum Gasteiger partial charge on any atom is 0.243 e. The number of nitrogens with zero attached hydrogens (tertiary/aromatic N) is 2. The molecule has 0 spiro atoms. The molecule has 3 aromatic carbocycles. The number of hydrazone groups is 1. The molecule has 0 saturated heterocycles. The summed E-state index contributed by atoms with van der Waals surface area (Å²) >= 11 is 15.8. The van der Waals surface area contributed by atoms with E-state index < -0.39 is 26.6 Å². The van der Waals surface area contributed by atoms with Gasteiger partial charge in [-0.15, -0.1) is 0 Å². The van der Waals surface area contributed by atoms with Crippen LogP contribution in [0.15, 0.2) is 75.1 Å². The molecule has 1 aliphatic rings. The van der Waals surface area contributed by atoms with Gasteiger partial charge in [-0.25, -0.2) is 21.9 Å². The number of anilines is 1. The Kier molecular flexibility index (Phi) is 7.07. The van der Waals surface area contributed by atoms with E-state index >= 15 is 0 Å². The molecule has 1 atom stereocenters. The Morgan fingerprint density at radius 3 is 2.48 bits per heavy atom. The molecule has 1 unspecified atom stereocenters. The van der Waals surface area contributed by atoms with Crippen LogP contribution in [0.5, 0.6) is 0 Å². The van der Waals surface area contributed by atoms with Crippen LogP contribution in [0.25, 0.3) is 0 Å². The second kappa shape index (κ2) is 9.68. The first-order valence-electron chi connectivity index (χ1n) is 9.65. The number of hydrogen-bond donors (Lipinski definition) is 1. The van der Waals surface area contributed by atoms with Crippen LogP contribution in [-0.4, -0.2) is 20.7 Å². The van der Waals surface area contributed by atoms with Crippen LogP contribution in [0, 0.1) is 11.6 Å². The summed E-state index contributed by atoms with van der Waals surface area (Å²) in [6.45, 7) is -0.187. The van der Waals surface area contributed by atoms with Crippen LogP contribution in [-0.2, 0) is 10.0 Å². The number of rotatable bonds is 6. The Bertz CT molecular complexity index is 1340. The highest BCUT2D eigenvalue weighted by atomic mass is 79.9. The van der Waals surface area contributed by atoms with Gasteiger partial charge in [0.2, 0.25) is 10.0 Å². The lowest BCUT2D eigenvalue weighted by Crippen LogP contribution is -2.30. The van der Waals surface area contributed by atoms with E-state index in [-0.39, 0.29) is 12.6 Å². The average molecular weight is 575 g/mol. The summed E-state index contributed by atoms with van der Waals surface area (Å²) in [5, 5.41) is 7.14. The number of nitrogens with one attached hydrogen (secondary N) is 1. The van der Waals surface area contributed by atoms with E-state index in [0.29, 0.717) is 33.9 Å². The SMILES string of the molecule is O=S(=O)(NCC1=NN(c2ccc(Cl)cc2Cl)C(c2ccc(Br)cc2)C1)c1cc(F)ccc1F. The predicted octanol–water partition coefficient (Wildman–Crippen LogP) is 6.32. The van der Waals surface area contributed by atoms with Crippen molar-refractivity contribution < 1.29 is 17.2 Å². The second-order valence-corrected chi connectivity index (χ2v) is 10.8. The van der Waals surface area contributed by atoms with Crippen molar-refractivity contribution in [3.8, 4) is 0 Å². The highest BCUT2D eigenvalue weighted by molar-refractivity contribution is 9.10. The minimum atomic E-state index is -4.30. The molecule has 0 saturated carbocycles. The quantitative estimate of drug-likeness (QED) is 0.375. The van der Waals surface area contributed by atoms with E-state index in [9.17, 15) is 17.2 Å². The van der Waals surface area contributed by atoms with Gasteiger partial charge < -0.3 is 0 Å². The summed E-state index contributed by atoms with van der Waals surface area (Å²) in [4.78, 5) is -0.761. The molecule has 1 heterocycles. The Morgan fingerprint density at radius 2 is 1.79 bits per heavy atom. The highest BCUT2D eigenvalue weighted by Gasteiger charge is 2.31. The smallest absolute Gasteiger partial charge is 0.243 e. The molecule has 0 fully saturated rings. The van der Waals surface area contributed by atoms with Crippen molar-refractivity contribution in [1.29, 1.82) is 0 Å². The maximum absolute atomic E-state index is 14.0. The molecular weight excluding hydrogens is 559 g/mol. The summed E-state index contributed by atoms with van der Waals surface area (Å²) in [6, 6.07) is 14.7. The Labute approximate surface area is 208 Å². The van der Waals surface area contributed by atoms with Gasteiger partial charge in [-0.05, 0) is 54.1 Å². The van der Waals surface area contributed by atoms with Crippen LogP contribution in [0.2, 0.25) is 10.0 Å². The average Bonchev–Trinajstić information content (AvgIpc) is 3.18. The summed E-state index contributed by atoms with van der Waals surface area (Å²) in [6.07, 6.45) is 0.384. The highest BCUT2D eigenvalue weighted by Crippen LogP contribution is 2.39. The van der Waals surface area contributed by atoms with Gasteiger partial charge in [-0.3, -0.25) is 5.01 Å². The van der Waals surface area contributed by atoms with Crippen molar-refractivity contribution in [3.05, 3.63) is 92.4 Å². The van der Waals surface area contributed by atoms with Gasteiger partial charge in [0.1, 0.15) is 16.5 Å². The van der Waals surface area contributed by atoms with Gasteiger partial charge in [0, 0.05) is 15.9 Å². The molecule has 4 rings (SSSR count). The van der Waals surface area contributed by atoms with Crippen molar-refractivity contribution >= 4 is 60.6 Å². The van der Waals surface area contributed by atoms with Gasteiger partial charge in [-0.2, -0.15) is 5.10 Å². The van der Waals surface area contributed by atoms with Crippen molar-refractivity contribution in [3.63, 3.8) is 0 Å². The maximum atomic E-state index is 14.0. The molecule has 3 aromatic rings. The van der Waals surface area contributed by atoms with Crippen molar-refractivity contribution in [2.24, 2.45) is 5.10 Å². The Balaban J connectivity index is 1.63. The first-order valence-corrected chi connectivity index (χ1v) is 12.7. The number of hydrogen-bond acceptors (Lipinski definition) is 4. The number of sulfonamides is 1. The van der Waals surface area contributed by atoms with Crippen LogP contribution >= 0.6 is 39.1 Å². The topological polar surface area (TPSA) is 61.8 Å². The second-order valence-electron chi connectivity index (χ2n) is 7.28. The minimum absolute atomic E-state index is 0.187. The molecule has 11 heteroatoms. The van der Waals surface area contributed by atoms with Crippen LogP contribution in [0.4, 0.5) is 14.5 Å². The van der Waals surface area contributed by atoms with Gasteiger partial charge in [0.15, 0.2) is 0 Å².